The Labute approximate surface area is 187 Å². The van der Waals surface area contributed by atoms with Crippen LogP contribution < -0.4 is 20.1 Å². The molecule has 0 spiro atoms. The van der Waals surface area contributed by atoms with Crippen LogP contribution in [0.4, 0.5) is 26.1 Å². The number of carbonyl (C=O) groups is 1. The Morgan fingerprint density at radius 2 is 1.91 bits per heavy atom. The van der Waals surface area contributed by atoms with Gasteiger partial charge in [-0.3, -0.25) is 4.79 Å². The average Bonchev–Trinajstić information content (AvgIpc) is 3.57. The van der Waals surface area contributed by atoms with E-state index in [0.717, 1.165) is 12.8 Å². The average molecular weight is 457 g/mol. The van der Waals surface area contributed by atoms with Crippen molar-refractivity contribution >= 4 is 23.2 Å². The molecule has 3 aromatic rings. The predicted molar refractivity (Wildman–Crippen MR) is 115 cm³/mol. The van der Waals surface area contributed by atoms with Gasteiger partial charge < -0.3 is 20.1 Å². The Morgan fingerprint density at radius 3 is 2.52 bits per heavy atom. The maximum atomic E-state index is 14.0. The summed E-state index contributed by atoms with van der Waals surface area (Å²) >= 11 is 0. The normalized spacial score (nSPS) is 13.4. The van der Waals surface area contributed by atoms with Crippen molar-refractivity contribution in [3.05, 3.63) is 36.3 Å². The number of pyridine rings is 1. The van der Waals surface area contributed by atoms with E-state index in [0.29, 0.717) is 29.7 Å². The number of hydrogen-bond acceptors (Lipinski definition) is 9. The molecular formula is C21H21F2N7O3. The molecule has 0 atom stereocenters. The van der Waals surface area contributed by atoms with Crippen LogP contribution >= 0.6 is 0 Å². The number of hydrogen-bond donors (Lipinski definition) is 2. The first kappa shape index (κ1) is 22.2. The summed E-state index contributed by atoms with van der Waals surface area (Å²) < 4.78 is 38.7. The minimum absolute atomic E-state index is 0.0384. The summed E-state index contributed by atoms with van der Waals surface area (Å²) in [6, 6.07) is 6.26. The Morgan fingerprint density at radius 1 is 1.12 bits per heavy atom. The van der Waals surface area contributed by atoms with Crippen LogP contribution in [0.2, 0.25) is 0 Å². The van der Waals surface area contributed by atoms with E-state index >= 15 is 0 Å². The number of alkyl halides is 2. The van der Waals surface area contributed by atoms with Crippen molar-refractivity contribution in [2.75, 3.05) is 17.7 Å². The molecule has 2 N–H and O–H groups in total. The van der Waals surface area contributed by atoms with Crippen molar-refractivity contribution in [1.29, 1.82) is 0 Å². The van der Waals surface area contributed by atoms with Crippen molar-refractivity contribution in [3.8, 4) is 23.0 Å². The van der Waals surface area contributed by atoms with Gasteiger partial charge in [0.25, 0.3) is 0 Å². The summed E-state index contributed by atoms with van der Waals surface area (Å²) in [4.78, 5) is 23.5. The molecule has 1 amide bonds. The topological polar surface area (TPSA) is 124 Å². The van der Waals surface area contributed by atoms with E-state index < -0.39 is 11.7 Å². The molecule has 0 aliphatic heterocycles. The molecule has 33 heavy (non-hydrogen) atoms. The number of carbonyl (C=O) groups excluding carboxylic acids is 1. The zero-order valence-electron chi connectivity index (χ0n) is 18.1. The molecule has 4 rings (SSSR count). The van der Waals surface area contributed by atoms with Crippen molar-refractivity contribution < 1.29 is 23.0 Å². The molecular weight excluding hydrogens is 436 g/mol. The maximum absolute atomic E-state index is 14.0. The number of nitrogens with one attached hydrogen (secondary N) is 2. The Balaban J connectivity index is 1.75. The van der Waals surface area contributed by atoms with Crippen LogP contribution in [0.25, 0.3) is 11.3 Å². The number of anilines is 3. The van der Waals surface area contributed by atoms with Gasteiger partial charge in [-0.25, -0.2) is 9.97 Å². The molecule has 1 aliphatic carbocycles. The van der Waals surface area contributed by atoms with Crippen LogP contribution in [0.5, 0.6) is 11.8 Å². The summed E-state index contributed by atoms with van der Waals surface area (Å²) in [7, 11) is 1.47. The van der Waals surface area contributed by atoms with E-state index in [1.165, 1.54) is 32.4 Å². The molecule has 0 unspecified atom stereocenters. The van der Waals surface area contributed by atoms with Crippen LogP contribution in [-0.4, -0.2) is 44.3 Å². The summed E-state index contributed by atoms with van der Waals surface area (Å²) in [5, 5.41) is 13.7. The SMILES string of the molecule is COc1ccc(-c2cnc(NC(C)=O)cc2Nc2cc(OC3CC3)nc(C(C)(F)F)n2)nn1. The second-order valence-electron chi connectivity index (χ2n) is 7.50. The van der Waals surface area contributed by atoms with Crippen molar-refractivity contribution in [1.82, 2.24) is 25.1 Å². The standard InChI is InChI=1S/C21H21F2N7O3/c1-11(31)25-16-8-15(13(10-24-16)14-6-7-18(32-3)30-29-14)26-17-9-19(33-12-4-5-12)28-20(27-17)21(2,22)23/h6-10,12H,4-5H2,1-3H3,(H2,24,25,26,27,28,31). The molecule has 0 radical (unpaired) electrons. The monoisotopic (exact) mass is 457 g/mol. The van der Waals surface area contributed by atoms with Gasteiger partial charge in [0, 0.05) is 43.8 Å². The molecule has 1 fully saturated rings. The molecule has 3 aromatic heterocycles. The molecule has 172 valence electrons. The molecule has 1 aliphatic rings. The molecule has 12 heteroatoms. The zero-order chi connectivity index (χ0) is 23.6. The van der Waals surface area contributed by atoms with Crippen LogP contribution in [-0.2, 0) is 10.7 Å². The zero-order valence-corrected chi connectivity index (χ0v) is 18.1. The number of halogens is 2. The van der Waals surface area contributed by atoms with Crippen molar-refractivity contribution in [2.24, 2.45) is 0 Å². The fraction of sp³-hybridized carbons (Fsp3) is 0.333. The van der Waals surface area contributed by atoms with Crippen molar-refractivity contribution in [3.63, 3.8) is 0 Å². The van der Waals surface area contributed by atoms with E-state index in [4.69, 9.17) is 9.47 Å². The summed E-state index contributed by atoms with van der Waals surface area (Å²) in [6.07, 6.45) is 3.12. The first-order valence-corrected chi connectivity index (χ1v) is 10.1. The smallest absolute Gasteiger partial charge is 0.304 e. The lowest BCUT2D eigenvalue weighted by atomic mass is 10.1. The van der Waals surface area contributed by atoms with Crippen LogP contribution in [0.1, 0.15) is 32.5 Å². The van der Waals surface area contributed by atoms with Crippen LogP contribution in [0, 0.1) is 0 Å². The second kappa shape index (κ2) is 8.88. The molecule has 3 heterocycles. The lowest BCUT2D eigenvalue weighted by molar-refractivity contribution is -0.114. The van der Waals surface area contributed by atoms with Crippen molar-refractivity contribution in [2.45, 2.75) is 38.7 Å². The Bertz CT molecular complexity index is 1170. The highest BCUT2D eigenvalue weighted by Gasteiger charge is 2.31. The van der Waals surface area contributed by atoms with E-state index in [1.54, 1.807) is 12.1 Å². The van der Waals surface area contributed by atoms with E-state index in [9.17, 15) is 13.6 Å². The minimum Gasteiger partial charge on any atom is -0.480 e. The summed E-state index contributed by atoms with van der Waals surface area (Å²) in [6.45, 7) is 2.06. The third-order valence-electron chi connectivity index (χ3n) is 4.50. The fourth-order valence-electron chi connectivity index (χ4n) is 2.82. The lowest BCUT2D eigenvalue weighted by Crippen LogP contribution is -2.15. The summed E-state index contributed by atoms with van der Waals surface area (Å²) in [5.74, 6) is -3.56. The van der Waals surface area contributed by atoms with Gasteiger partial charge >= 0.3 is 5.92 Å². The van der Waals surface area contributed by atoms with E-state index in [2.05, 4.69) is 35.8 Å². The lowest BCUT2D eigenvalue weighted by Gasteiger charge is -2.16. The van der Waals surface area contributed by atoms with Gasteiger partial charge in [0.2, 0.25) is 23.5 Å². The number of aromatic nitrogens is 5. The van der Waals surface area contributed by atoms with Gasteiger partial charge in [-0.05, 0) is 18.9 Å². The molecule has 0 saturated heterocycles. The van der Waals surface area contributed by atoms with Crippen LogP contribution in [0.3, 0.4) is 0 Å². The highest BCUT2D eigenvalue weighted by atomic mass is 19.3. The van der Waals surface area contributed by atoms with Gasteiger partial charge in [-0.15, -0.1) is 10.2 Å². The van der Waals surface area contributed by atoms with E-state index in [-0.39, 0.29) is 29.5 Å². The Hall–Kier alpha value is -3.96. The number of ether oxygens (including phenoxy) is 2. The minimum atomic E-state index is -3.27. The molecule has 1 saturated carbocycles. The highest BCUT2D eigenvalue weighted by Crippen LogP contribution is 2.34. The first-order chi connectivity index (χ1) is 15.7. The molecule has 10 nitrogen and oxygen atoms in total. The first-order valence-electron chi connectivity index (χ1n) is 10.1. The highest BCUT2D eigenvalue weighted by molar-refractivity contribution is 5.89. The largest absolute Gasteiger partial charge is 0.480 e. The van der Waals surface area contributed by atoms with Crippen LogP contribution in [0.15, 0.2) is 30.5 Å². The van der Waals surface area contributed by atoms with Gasteiger partial charge in [-0.2, -0.15) is 13.8 Å². The summed E-state index contributed by atoms with van der Waals surface area (Å²) in [5.41, 5.74) is 1.33. The van der Waals surface area contributed by atoms with Gasteiger partial charge in [0.05, 0.1) is 18.5 Å². The van der Waals surface area contributed by atoms with Gasteiger partial charge in [0.1, 0.15) is 17.7 Å². The van der Waals surface area contributed by atoms with Gasteiger partial charge in [-0.1, -0.05) is 0 Å². The fourth-order valence-corrected chi connectivity index (χ4v) is 2.82. The third kappa shape index (κ3) is 5.64. The Kier molecular flexibility index (Phi) is 5.99. The number of amides is 1. The van der Waals surface area contributed by atoms with Gasteiger partial charge in [0.15, 0.2) is 0 Å². The van der Waals surface area contributed by atoms with E-state index in [1.807, 2.05) is 0 Å². The number of methoxy groups -OCH3 is 1. The second-order valence-corrected chi connectivity index (χ2v) is 7.50. The third-order valence-corrected chi connectivity index (χ3v) is 4.50. The number of rotatable bonds is 8. The maximum Gasteiger partial charge on any atom is 0.304 e. The molecule has 0 aromatic carbocycles. The number of nitrogens with zero attached hydrogens (tertiary/aromatic N) is 5. The quantitative estimate of drug-likeness (QED) is 0.521. The predicted octanol–water partition coefficient (Wildman–Crippen LogP) is 3.69. The molecule has 0 bridgehead atoms.